The van der Waals surface area contributed by atoms with Crippen molar-refractivity contribution in [3.63, 3.8) is 0 Å². The first-order valence-electron chi connectivity index (χ1n) is 9.85. The van der Waals surface area contributed by atoms with Crippen molar-refractivity contribution in [1.29, 1.82) is 0 Å². The highest BCUT2D eigenvalue weighted by atomic mass is 32.1. The molecule has 1 N–H and O–H groups in total. The number of aliphatic imine (C=N–C) groups is 1. The highest BCUT2D eigenvalue weighted by Crippen LogP contribution is 2.25. The van der Waals surface area contributed by atoms with Crippen molar-refractivity contribution in [2.75, 3.05) is 32.8 Å². The van der Waals surface area contributed by atoms with E-state index in [9.17, 15) is 0 Å². The van der Waals surface area contributed by atoms with E-state index in [0.717, 1.165) is 57.3 Å². The summed E-state index contributed by atoms with van der Waals surface area (Å²) < 4.78 is 6.06. The number of aromatic nitrogens is 1. The Labute approximate surface area is 166 Å². The number of rotatable bonds is 6. The van der Waals surface area contributed by atoms with Crippen molar-refractivity contribution >= 4 is 17.3 Å². The quantitative estimate of drug-likeness (QED) is 0.609. The fourth-order valence-corrected chi connectivity index (χ4v) is 4.09. The van der Waals surface area contributed by atoms with Gasteiger partial charge in [0.1, 0.15) is 6.10 Å². The number of thiazole rings is 1. The number of hydrogen-bond donors (Lipinski definition) is 1. The summed E-state index contributed by atoms with van der Waals surface area (Å²) in [5.41, 5.74) is 3.70. The molecule has 0 radical (unpaired) electrons. The van der Waals surface area contributed by atoms with Gasteiger partial charge in [0.05, 0.1) is 23.9 Å². The van der Waals surface area contributed by atoms with Crippen LogP contribution in [-0.2, 0) is 17.6 Å². The van der Waals surface area contributed by atoms with Gasteiger partial charge in [0.15, 0.2) is 5.96 Å². The number of nitrogens with zero attached hydrogens (tertiary/aromatic N) is 3. The number of aryl methyl sites for hydroxylation is 2. The second-order valence-corrected chi connectivity index (χ2v) is 7.68. The van der Waals surface area contributed by atoms with E-state index in [0.29, 0.717) is 0 Å². The highest BCUT2D eigenvalue weighted by molar-refractivity contribution is 7.09. The first kappa shape index (κ1) is 19.8. The third kappa shape index (κ3) is 5.30. The van der Waals surface area contributed by atoms with Gasteiger partial charge in [0, 0.05) is 31.4 Å². The minimum Gasteiger partial charge on any atom is -0.370 e. The summed E-state index contributed by atoms with van der Waals surface area (Å²) in [7, 11) is 0. The van der Waals surface area contributed by atoms with Gasteiger partial charge < -0.3 is 15.0 Å². The fraction of sp³-hybridized carbons (Fsp3) is 0.524. The summed E-state index contributed by atoms with van der Waals surface area (Å²) in [6, 6.07) is 8.48. The zero-order valence-corrected chi connectivity index (χ0v) is 17.4. The van der Waals surface area contributed by atoms with Crippen LogP contribution in [0.2, 0.25) is 0 Å². The fourth-order valence-electron chi connectivity index (χ4n) is 3.31. The van der Waals surface area contributed by atoms with Crippen LogP contribution < -0.4 is 5.32 Å². The van der Waals surface area contributed by atoms with Crippen molar-refractivity contribution in [2.24, 2.45) is 4.99 Å². The highest BCUT2D eigenvalue weighted by Gasteiger charge is 2.25. The van der Waals surface area contributed by atoms with Crippen molar-refractivity contribution in [3.05, 3.63) is 51.5 Å². The van der Waals surface area contributed by atoms with Gasteiger partial charge in [-0.1, -0.05) is 31.2 Å². The monoisotopic (exact) mass is 386 g/mol. The van der Waals surface area contributed by atoms with Gasteiger partial charge >= 0.3 is 0 Å². The van der Waals surface area contributed by atoms with Gasteiger partial charge in [-0.25, -0.2) is 4.98 Å². The Morgan fingerprint density at radius 2 is 2.22 bits per heavy atom. The van der Waals surface area contributed by atoms with E-state index in [2.05, 4.69) is 65.6 Å². The molecule has 0 bridgehead atoms. The predicted octanol–water partition coefficient (Wildman–Crippen LogP) is 3.60. The summed E-state index contributed by atoms with van der Waals surface area (Å²) in [4.78, 5) is 11.8. The van der Waals surface area contributed by atoms with Crippen molar-refractivity contribution in [2.45, 2.75) is 39.7 Å². The van der Waals surface area contributed by atoms with E-state index >= 15 is 0 Å². The molecule has 0 amide bonds. The van der Waals surface area contributed by atoms with E-state index in [-0.39, 0.29) is 6.10 Å². The van der Waals surface area contributed by atoms with Crippen LogP contribution in [0.25, 0.3) is 0 Å². The smallest absolute Gasteiger partial charge is 0.194 e. The molecule has 2 heterocycles. The summed E-state index contributed by atoms with van der Waals surface area (Å²) in [6.45, 7) is 10.4. The molecule has 1 aromatic carbocycles. The van der Waals surface area contributed by atoms with Gasteiger partial charge in [-0.3, -0.25) is 4.99 Å². The van der Waals surface area contributed by atoms with Crippen molar-refractivity contribution < 1.29 is 4.74 Å². The van der Waals surface area contributed by atoms with Crippen LogP contribution in [0.4, 0.5) is 0 Å². The summed E-state index contributed by atoms with van der Waals surface area (Å²) in [5.74, 6) is 0.977. The molecule has 1 unspecified atom stereocenters. The molecule has 3 rings (SSSR count). The minimum absolute atomic E-state index is 0.0921. The third-order valence-corrected chi connectivity index (χ3v) is 5.81. The first-order chi connectivity index (χ1) is 13.2. The molecule has 1 aliphatic rings. The molecular weight excluding hydrogens is 356 g/mol. The lowest BCUT2D eigenvalue weighted by molar-refractivity contribution is -0.00832. The third-order valence-electron chi connectivity index (χ3n) is 4.77. The van der Waals surface area contributed by atoms with Crippen molar-refractivity contribution in [3.8, 4) is 0 Å². The summed E-state index contributed by atoms with van der Waals surface area (Å²) >= 11 is 1.74. The van der Waals surface area contributed by atoms with Gasteiger partial charge in [-0.2, -0.15) is 0 Å². The molecule has 0 spiro atoms. The zero-order valence-electron chi connectivity index (χ0n) is 16.6. The Balaban J connectivity index is 1.65. The average Bonchev–Trinajstić information content (AvgIpc) is 3.16. The van der Waals surface area contributed by atoms with Gasteiger partial charge in [0.25, 0.3) is 0 Å². The zero-order chi connectivity index (χ0) is 19.1. The Morgan fingerprint density at radius 3 is 2.96 bits per heavy atom. The molecule has 2 aromatic rings. The second kappa shape index (κ2) is 9.85. The number of nitrogens with one attached hydrogen (secondary N) is 1. The molecule has 0 aliphatic carbocycles. The molecule has 146 valence electrons. The molecule has 27 heavy (non-hydrogen) atoms. The maximum Gasteiger partial charge on any atom is 0.194 e. The normalized spacial score (nSPS) is 18.0. The van der Waals surface area contributed by atoms with Crippen molar-refractivity contribution in [1.82, 2.24) is 15.2 Å². The molecular formula is C21H30N4OS. The summed E-state index contributed by atoms with van der Waals surface area (Å²) in [6.07, 6.45) is 1.98. The first-order valence-corrected chi connectivity index (χ1v) is 10.7. The maximum atomic E-state index is 6.06. The SMILES string of the molecule is CCNC(=NCCc1csc(CC)n1)N1CCOC(c2ccccc2C)C1. The van der Waals surface area contributed by atoms with E-state index in [4.69, 9.17) is 9.73 Å². The molecule has 1 aromatic heterocycles. The number of ether oxygens (including phenoxy) is 1. The Morgan fingerprint density at radius 1 is 1.37 bits per heavy atom. The van der Waals surface area contributed by atoms with Crippen LogP contribution in [0, 0.1) is 6.92 Å². The summed E-state index contributed by atoms with van der Waals surface area (Å²) in [5, 5.41) is 6.80. The number of morpholine rings is 1. The van der Waals surface area contributed by atoms with E-state index in [1.807, 2.05) is 0 Å². The predicted molar refractivity (Wildman–Crippen MR) is 113 cm³/mol. The van der Waals surface area contributed by atoms with Crippen LogP contribution in [-0.4, -0.2) is 48.6 Å². The van der Waals surface area contributed by atoms with Crippen LogP contribution >= 0.6 is 11.3 Å². The van der Waals surface area contributed by atoms with Crippen LogP contribution in [0.3, 0.4) is 0 Å². The van der Waals surface area contributed by atoms with E-state index in [1.54, 1.807) is 11.3 Å². The molecule has 0 saturated carbocycles. The average molecular weight is 387 g/mol. The van der Waals surface area contributed by atoms with E-state index in [1.165, 1.54) is 16.1 Å². The molecule has 1 saturated heterocycles. The topological polar surface area (TPSA) is 49.8 Å². The van der Waals surface area contributed by atoms with Crippen LogP contribution in [0.15, 0.2) is 34.6 Å². The Hall–Kier alpha value is -1.92. The molecule has 1 atom stereocenters. The number of guanidine groups is 1. The van der Waals surface area contributed by atoms with E-state index < -0.39 is 0 Å². The van der Waals surface area contributed by atoms with Gasteiger partial charge in [-0.15, -0.1) is 11.3 Å². The minimum atomic E-state index is 0.0921. The van der Waals surface area contributed by atoms with Gasteiger partial charge in [0.2, 0.25) is 0 Å². The lowest BCUT2D eigenvalue weighted by Gasteiger charge is -2.35. The number of benzene rings is 1. The lowest BCUT2D eigenvalue weighted by atomic mass is 10.0. The molecule has 6 heteroatoms. The Kier molecular flexibility index (Phi) is 7.24. The molecule has 1 aliphatic heterocycles. The van der Waals surface area contributed by atoms with Crippen LogP contribution in [0.1, 0.15) is 41.8 Å². The molecule has 5 nitrogen and oxygen atoms in total. The van der Waals surface area contributed by atoms with Crippen LogP contribution in [0.5, 0.6) is 0 Å². The standard InChI is InChI=1S/C21H30N4OS/c1-4-20-24-17(15-27-20)10-11-23-21(22-5-2)25-12-13-26-19(14-25)18-9-7-6-8-16(18)3/h6-9,15,19H,4-5,10-14H2,1-3H3,(H,22,23). The second-order valence-electron chi connectivity index (χ2n) is 6.73. The lowest BCUT2D eigenvalue weighted by Crippen LogP contribution is -2.48. The molecule has 1 fully saturated rings. The van der Waals surface area contributed by atoms with Gasteiger partial charge in [-0.05, 0) is 31.4 Å². The largest absolute Gasteiger partial charge is 0.370 e. The Bertz CT molecular complexity index is 758. The maximum absolute atomic E-state index is 6.06. The number of hydrogen-bond acceptors (Lipinski definition) is 4.